The summed E-state index contributed by atoms with van der Waals surface area (Å²) < 4.78 is 23.7. The fourth-order valence-electron chi connectivity index (χ4n) is 1.57. The van der Waals surface area contributed by atoms with Crippen molar-refractivity contribution in [3.63, 3.8) is 0 Å². The summed E-state index contributed by atoms with van der Waals surface area (Å²) in [4.78, 5) is 0. The third-order valence-corrected chi connectivity index (χ3v) is 4.41. The SMILES string of the molecule is Cc1ccccc1CS(=O)(=O)CC(C)CN. The molecule has 0 aliphatic carbocycles. The summed E-state index contributed by atoms with van der Waals surface area (Å²) in [5, 5.41) is 0. The molecule has 0 aliphatic rings. The molecule has 0 aromatic heterocycles. The number of rotatable bonds is 5. The van der Waals surface area contributed by atoms with Crippen LogP contribution in [-0.4, -0.2) is 20.7 Å². The summed E-state index contributed by atoms with van der Waals surface area (Å²) in [6.07, 6.45) is 0. The van der Waals surface area contributed by atoms with Gasteiger partial charge in [-0.15, -0.1) is 0 Å². The molecule has 1 unspecified atom stereocenters. The van der Waals surface area contributed by atoms with Gasteiger partial charge in [-0.2, -0.15) is 0 Å². The van der Waals surface area contributed by atoms with Crippen LogP contribution in [0.5, 0.6) is 0 Å². The molecular formula is C12H19NO2S. The lowest BCUT2D eigenvalue weighted by atomic mass is 10.1. The minimum Gasteiger partial charge on any atom is -0.330 e. The molecule has 90 valence electrons. The van der Waals surface area contributed by atoms with Crippen molar-refractivity contribution in [2.24, 2.45) is 11.7 Å². The zero-order valence-corrected chi connectivity index (χ0v) is 10.6. The Morgan fingerprint density at radius 3 is 2.50 bits per heavy atom. The molecule has 0 heterocycles. The van der Waals surface area contributed by atoms with Crippen molar-refractivity contribution < 1.29 is 8.42 Å². The lowest BCUT2D eigenvalue weighted by Gasteiger charge is -2.10. The molecule has 2 N–H and O–H groups in total. The Balaban J connectivity index is 2.77. The van der Waals surface area contributed by atoms with Crippen LogP contribution in [0.3, 0.4) is 0 Å². The van der Waals surface area contributed by atoms with Crippen molar-refractivity contribution in [1.82, 2.24) is 0 Å². The lowest BCUT2D eigenvalue weighted by Crippen LogP contribution is -2.22. The Hall–Kier alpha value is -0.870. The van der Waals surface area contributed by atoms with Gasteiger partial charge in [0, 0.05) is 0 Å². The van der Waals surface area contributed by atoms with E-state index >= 15 is 0 Å². The lowest BCUT2D eigenvalue weighted by molar-refractivity contribution is 0.573. The highest BCUT2D eigenvalue weighted by atomic mass is 32.2. The molecule has 1 rings (SSSR count). The van der Waals surface area contributed by atoms with Crippen LogP contribution < -0.4 is 5.73 Å². The summed E-state index contributed by atoms with van der Waals surface area (Å²) >= 11 is 0. The Morgan fingerprint density at radius 1 is 1.31 bits per heavy atom. The Kier molecular flexibility index (Phi) is 4.50. The van der Waals surface area contributed by atoms with Crippen LogP contribution in [0.2, 0.25) is 0 Å². The second kappa shape index (κ2) is 5.46. The first-order chi connectivity index (χ1) is 7.44. The van der Waals surface area contributed by atoms with E-state index < -0.39 is 9.84 Å². The maximum absolute atomic E-state index is 11.9. The van der Waals surface area contributed by atoms with Crippen LogP contribution in [0.1, 0.15) is 18.1 Å². The molecular weight excluding hydrogens is 222 g/mol. The number of sulfone groups is 1. The highest BCUT2D eigenvalue weighted by Gasteiger charge is 2.16. The maximum atomic E-state index is 11.9. The highest BCUT2D eigenvalue weighted by Crippen LogP contribution is 2.13. The zero-order chi connectivity index (χ0) is 12.2. The van der Waals surface area contributed by atoms with Gasteiger partial charge in [0.1, 0.15) is 0 Å². The summed E-state index contributed by atoms with van der Waals surface area (Å²) in [7, 11) is -3.05. The number of benzene rings is 1. The molecule has 3 nitrogen and oxygen atoms in total. The van der Waals surface area contributed by atoms with E-state index in [0.717, 1.165) is 11.1 Å². The molecule has 1 atom stereocenters. The number of hydrogen-bond acceptors (Lipinski definition) is 3. The van der Waals surface area contributed by atoms with Gasteiger partial charge in [-0.05, 0) is 30.5 Å². The molecule has 1 aromatic rings. The van der Waals surface area contributed by atoms with E-state index in [4.69, 9.17) is 5.73 Å². The molecule has 0 amide bonds. The quantitative estimate of drug-likeness (QED) is 0.850. The summed E-state index contributed by atoms with van der Waals surface area (Å²) in [6.45, 7) is 4.19. The van der Waals surface area contributed by atoms with E-state index in [1.807, 2.05) is 38.1 Å². The van der Waals surface area contributed by atoms with Crippen LogP contribution in [-0.2, 0) is 15.6 Å². The fraction of sp³-hybridized carbons (Fsp3) is 0.500. The number of nitrogens with two attached hydrogens (primary N) is 1. The van der Waals surface area contributed by atoms with Gasteiger partial charge in [0.25, 0.3) is 0 Å². The smallest absolute Gasteiger partial charge is 0.154 e. The zero-order valence-electron chi connectivity index (χ0n) is 9.81. The van der Waals surface area contributed by atoms with E-state index in [2.05, 4.69) is 0 Å². The Labute approximate surface area is 97.6 Å². The third kappa shape index (κ3) is 3.94. The van der Waals surface area contributed by atoms with Gasteiger partial charge in [-0.3, -0.25) is 0 Å². The summed E-state index contributed by atoms with van der Waals surface area (Å²) in [5.41, 5.74) is 7.34. The normalized spacial score (nSPS) is 13.7. The minimum atomic E-state index is -3.05. The van der Waals surface area contributed by atoms with E-state index in [-0.39, 0.29) is 17.4 Å². The molecule has 1 aromatic carbocycles. The molecule has 0 saturated heterocycles. The van der Waals surface area contributed by atoms with Gasteiger partial charge in [-0.1, -0.05) is 31.2 Å². The first-order valence-corrected chi connectivity index (χ1v) is 7.22. The van der Waals surface area contributed by atoms with Crippen molar-refractivity contribution >= 4 is 9.84 Å². The average Bonchev–Trinajstić information content (AvgIpc) is 2.20. The predicted molar refractivity (Wildman–Crippen MR) is 66.9 cm³/mol. The van der Waals surface area contributed by atoms with Crippen molar-refractivity contribution in [1.29, 1.82) is 0 Å². The largest absolute Gasteiger partial charge is 0.330 e. The molecule has 0 saturated carbocycles. The van der Waals surface area contributed by atoms with Gasteiger partial charge in [0.05, 0.1) is 11.5 Å². The number of hydrogen-bond donors (Lipinski definition) is 1. The first kappa shape index (κ1) is 13.2. The van der Waals surface area contributed by atoms with Crippen LogP contribution >= 0.6 is 0 Å². The van der Waals surface area contributed by atoms with Crippen molar-refractivity contribution in [3.05, 3.63) is 35.4 Å². The Morgan fingerprint density at radius 2 is 1.94 bits per heavy atom. The van der Waals surface area contributed by atoms with Crippen LogP contribution in [0.15, 0.2) is 24.3 Å². The first-order valence-electron chi connectivity index (χ1n) is 5.39. The second-order valence-electron chi connectivity index (χ2n) is 4.32. The van der Waals surface area contributed by atoms with Crippen molar-refractivity contribution in [2.45, 2.75) is 19.6 Å². The van der Waals surface area contributed by atoms with E-state index in [1.54, 1.807) is 0 Å². The summed E-state index contributed by atoms with van der Waals surface area (Å²) in [5.74, 6) is 0.302. The molecule has 0 radical (unpaired) electrons. The molecule has 0 spiro atoms. The van der Waals surface area contributed by atoms with E-state index in [0.29, 0.717) is 6.54 Å². The van der Waals surface area contributed by atoms with Gasteiger partial charge >= 0.3 is 0 Å². The Bertz CT molecular complexity index is 440. The number of aryl methyl sites for hydroxylation is 1. The van der Waals surface area contributed by atoms with Gasteiger partial charge < -0.3 is 5.73 Å². The molecule has 0 fully saturated rings. The van der Waals surface area contributed by atoms with Gasteiger partial charge in [0.2, 0.25) is 0 Å². The average molecular weight is 241 g/mol. The second-order valence-corrected chi connectivity index (χ2v) is 6.43. The molecule has 16 heavy (non-hydrogen) atoms. The van der Waals surface area contributed by atoms with Crippen molar-refractivity contribution in [3.8, 4) is 0 Å². The monoisotopic (exact) mass is 241 g/mol. The molecule has 0 bridgehead atoms. The highest BCUT2D eigenvalue weighted by molar-refractivity contribution is 7.90. The van der Waals surface area contributed by atoms with Gasteiger partial charge in [-0.25, -0.2) is 8.42 Å². The summed E-state index contributed by atoms with van der Waals surface area (Å²) in [6, 6.07) is 7.56. The van der Waals surface area contributed by atoms with Crippen LogP contribution in [0, 0.1) is 12.8 Å². The topological polar surface area (TPSA) is 60.2 Å². The van der Waals surface area contributed by atoms with E-state index in [1.165, 1.54) is 0 Å². The molecule has 0 aliphatic heterocycles. The van der Waals surface area contributed by atoms with E-state index in [9.17, 15) is 8.42 Å². The molecule has 4 heteroatoms. The van der Waals surface area contributed by atoms with Crippen molar-refractivity contribution in [2.75, 3.05) is 12.3 Å². The third-order valence-electron chi connectivity index (χ3n) is 2.58. The van der Waals surface area contributed by atoms with Crippen LogP contribution in [0.4, 0.5) is 0 Å². The standard InChI is InChI=1S/C12H19NO2S/c1-10(7-13)8-16(14,15)9-12-6-4-3-5-11(12)2/h3-6,10H,7-9,13H2,1-2H3. The maximum Gasteiger partial charge on any atom is 0.154 e. The fourth-order valence-corrected chi connectivity index (χ4v) is 3.49. The predicted octanol–water partition coefficient (Wildman–Crippen LogP) is 1.50. The minimum absolute atomic E-state index is 0.0222. The van der Waals surface area contributed by atoms with Gasteiger partial charge in [0.15, 0.2) is 9.84 Å². The van der Waals surface area contributed by atoms with Crippen LogP contribution in [0.25, 0.3) is 0 Å².